The summed E-state index contributed by atoms with van der Waals surface area (Å²) >= 11 is 0. The van der Waals surface area contributed by atoms with E-state index >= 15 is 0 Å². The van der Waals surface area contributed by atoms with Gasteiger partial charge in [0, 0.05) is 6.39 Å². The van der Waals surface area contributed by atoms with Gasteiger partial charge in [-0.3, -0.25) is 0 Å². The largest absolute Gasteiger partial charge is 0.177 e. The molecule has 0 bridgehead atoms. The van der Waals surface area contributed by atoms with Gasteiger partial charge in [0.05, 0.1) is 12.8 Å². The molecule has 0 radical (unpaired) electrons. The lowest BCUT2D eigenvalue weighted by Gasteiger charge is -2.59. The minimum absolute atomic E-state index is 0.379. The van der Waals surface area contributed by atoms with Crippen LogP contribution in [0.1, 0.15) is 0 Å². The Bertz CT molecular complexity index is 1460. The van der Waals surface area contributed by atoms with Crippen LogP contribution in [0.3, 0.4) is 0 Å². The highest BCUT2D eigenvalue weighted by Crippen LogP contribution is 3.26. The molecule has 48 atom stereocenters. The first-order valence-corrected chi connectivity index (χ1v) is 162. The minimum Gasteiger partial charge on any atom is -0.109 e. The molecule has 0 aliphatic carbocycles. The summed E-state index contributed by atoms with van der Waals surface area (Å²) < 4.78 is 0. The second-order valence-corrected chi connectivity index (χ2v) is 308. The van der Waals surface area contributed by atoms with Gasteiger partial charge >= 0.3 is 0 Å². The van der Waals surface area contributed by atoms with Gasteiger partial charge in [0.15, 0.2) is 30.2 Å². The molecule has 48 unspecified atom stereocenters. The molecule has 0 aromatic rings. The van der Waals surface area contributed by atoms with E-state index in [0.29, 0.717) is 49.4 Å². The smallest absolute Gasteiger partial charge is 0.109 e. The second-order valence-electron chi connectivity index (χ2n) is 16.3. The molecular formula is H91B8P81. The maximum Gasteiger partial charge on any atom is 0.177 e. The van der Waals surface area contributed by atoms with E-state index < -0.39 is 239 Å². The first kappa shape index (κ1) is 124. The molecule has 0 saturated carbocycles. The highest BCUT2D eigenvalue weighted by atomic mass is 33.3. The van der Waals surface area contributed by atoms with Gasteiger partial charge < -0.3 is 0 Å². The van der Waals surface area contributed by atoms with E-state index in [1.165, 1.54) is 0 Å². The van der Waals surface area contributed by atoms with E-state index in [2.05, 4.69) is 402 Å². The molecular weight excluding hydrogens is 2600 g/mol. The van der Waals surface area contributed by atoms with Crippen LogP contribution in [0.4, 0.5) is 0 Å². The Kier molecular flexibility index (Phi) is 94.4. The molecule has 0 N–H and O–H groups in total. The van der Waals surface area contributed by atoms with Crippen LogP contribution >= 0.6 is 656 Å². The predicted molar refractivity (Wildman–Crippen MR) is 733 cm³/mol. The molecule has 0 heterocycles. The molecule has 0 spiro atoms. The van der Waals surface area contributed by atoms with Gasteiger partial charge in [-0.05, 0) is 175 Å². The van der Waals surface area contributed by atoms with Crippen LogP contribution in [-0.4, -0.2) is 49.4 Å². The molecule has 0 aromatic carbocycles. The summed E-state index contributed by atoms with van der Waals surface area (Å²) in [6.45, 7) is -11.5. The zero-order valence-corrected chi connectivity index (χ0v) is 131. The molecule has 0 aliphatic heterocycles. The lowest BCUT2D eigenvalue weighted by atomic mass is 8.65. The van der Waals surface area contributed by atoms with Crippen LogP contribution in [0.2, 0.25) is 0 Å². The van der Waals surface area contributed by atoms with Crippen molar-refractivity contribution in [3.8, 4) is 0 Å². The molecule has 0 saturated heterocycles. The lowest BCUT2D eigenvalue weighted by molar-refractivity contribution is 3.40. The van der Waals surface area contributed by atoms with Crippen LogP contribution in [0.25, 0.3) is 0 Å². The Morgan fingerprint density at radius 3 is 0.382 bits per heavy atom. The molecule has 0 rings (SSSR count). The van der Waals surface area contributed by atoms with Crippen molar-refractivity contribution in [3.63, 3.8) is 0 Å². The fourth-order valence-electron chi connectivity index (χ4n) is 8.42. The van der Waals surface area contributed by atoms with Gasteiger partial charge in [-0.1, -0.05) is 79.7 Å². The molecule has 0 aliphatic rings. The van der Waals surface area contributed by atoms with Crippen LogP contribution in [0, 0.1) is 0 Å². The Balaban J connectivity index is 13.6. The molecule has 0 amide bonds. The first-order chi connectivity index (χ1) is 40.5. The highest BCUT2D eigenvalue weighted by molar-refractivity contribution is 9.32. The zero-order valence-electron chi connectivity index (χ0n) is 46.8. The standard InChI is InChI=1S/B8H91P81/c9-54-87(82(44)45)63(81(42)43)4(64(88(83(46)47)84(48)49)89(85(50)51)86(52)53)1(2(5(55(65(10)11)66(12)13)56(67(14)15)68(16)17)6(57(69(18)19)70(20)21)58(71(22)23)72(24)25)3(7(59(73(26)27)74(28)29)60(75(30)31)76(32)33)8(61(77(34)35)78(36)37)62(79(38)39)80(40)41/h54H,9-53H2. The zero-order chi connectivity index (χ0) is 70.5. The summed E-state index contributed by atoms with van der Waals surface area (Å²) in [7, 11) is 161. The second kappa shape index (κ2) is 67.5. The monoisotopic (exact) mass is 2690 g/mol. The molecule has 89 heavy (non-hydrogen) atoms. The third-order valence-electron chi connectivity index (χ3n) is 10.7. The number of hydrogen-bond acceptors (Lipinski definition) is 0. The van der Waals surface area contributed by atoms with E-state index in [9.17, 15) is 0 Å². The third-order valence-corrected chi connectivity index (χ3v) is 372. The first-order valence-electron chi connectivity index (χ1n) is 21.8. The maximum absolute atomic E-state index is 3.82. The van der Waals surface area contributed by atoms with Gasteiger partial charge in [0.1, 0.15) is 0 Å². The number of hydrogen-bond donors (Lipinski definition) is 0. The van der Waals surface area contributed by atoms with Crippen molar-refractivity contribution in [2.75, 3.05) is 0 Å². The fourth-order valence-corrected chi connectivity index (χ4v) is 628. The Hall–Kier alpha value is 35.3. The van der Waals surface area contributed by atoms with Crippen LogP contribution in [0.5, 0.6) is 0 Å². The third kappa shape index (κ3) is 43.1. The summed E-state index contributed by atoms with van der Waals surface area (Å²) in [5, 5.41) is 0. The van der Waals surface area contributed by atoms with E-state index in [-0.39, 0.29) is 6.99 Å². The van der Waals surface area contributed by atoms with Crippen molar-refractivity contribution in [2.24, 2.45) is 0 Å². The van der Waals surface area contributed by atoms with Crippen molar-refractivity contribution >= 4 is 706 Å². The van der Waals surface area contributed by atoms with Crippen molar-refractivity contribution < 1.29 is 0 Å². The highest BCUT2D eigenvalue weighted by Gasteiger charge is 2.71. The number of rotatable bonds is 43. The molecule has 0 aromatic heterocycles. The van der Waals surface area contributed by atoms with Crippen molar-refractivity contribution in [3.05, 3.63) is 0 Å². The molecule has 520 valence electrons. The summed E-state index contributed by atoms with van der Waals surface area (Å²) in [6, 6.07) is 3.09. The quantitative estimate of drug-likeness (QED) is 0.0422. The topological polar surface area (TPSA) is 0 Å². The van der Waals surface area contributed by atoms with E-state index in [1.54, 1.807) is 0 Å². The van der Waals surface area contributed by atoms with Crippen molar-refractivity contribution in [2.45, 2.75) is 0 Å². The normalized spacial score (nSPS) is 14.6. The maximum atomic E-state index is 3.82. The van der Waals surface area contributed by atoms with Gasteiger partial charge in [-0.15, -0.1) is 402 Å². The van der Waals surface area contributed by atoms with Gasteiger partial charge in [0.2, 0.25) is 0 Å². The SMILES string of the molecule is PPP(P(P)P)P(B(B(B(B(P(P(P)P)P(P)P)P(P(P)P)P(P)P)B(P(P(P)P)P(P)P)P(P(P)P)P(P)P)B(B(P(P(P)P)P(P)P)P(P(P)P)P(P)P)B(P(P(P)P)P(P)P)P(P(P)P)P(P)P)P(P(P(P)P)P(P)P)P(P(P)P)P(P)P)P(P)P. The summed E-state index contributed by atoms with van der Waals surface area (Å²) in [6.07, 6.45) is 1.60. The van der Waals surface area contributed by atoms with Crippen LogP contribution in [0.15, 0.2) is 0 Å². The minimum atomic E-state index is -0.571. The van der Waals surface area contributed by atoms with Crippen LogP contribution in [-0.2, 0) is 0 Å². The van der Waals surface area contributed by atoms with Crippen molar-refractivity contribution in [1.29, 1.82) is 0 Å². The lowest BCUT2D eigenvalue weighted by Crippen LogP contribution is -2.73. The van der Waals surface area contributed by atoms with Gasteiger partial charge in [0.25, 0.3) is 0 Å². The average molecular weight is 2690 g/mol. The molecule has 89 heteroatoms. The fraction of sp³-hybridized carbons (Fsp3) is 0. The van der Waals surface area contributed by atoms with E-state index in [1.807, 2.05) is 0 Å². The summed E-state index contributed by atoms with van der Waals surface area (Å²) in [4.78, 5) is 0. The average Bonchev–Trinajstić information content (AvgIpc) is 3.31. The molecule has 0 fully saturated rings. The Morgan fingerprint density at radius 2 is 0.281 bits per heavy atom. The van der Waals surface area contributed by atoms with Crippen molar-refractivity contribution in [1.82, 2.24) is 0 Å². The van der Waals surface area contributed by atoms with Gasteiger partial charge in [-0.2, -0.15) is 0 Å². The van der Waals surface area contributed by atoms with Gasteiger partial charge in [-0.25, -0.2) is 0 Å². The molecule has 0 nitrogen and oxygen atoms in total. The Labute approximate surface area is 694 Å². The predicted octanol–water partition coefficient (Wildman–Crippen LogP) is 42.4. The summed E-state index contributed by atoms with van der Waals surface area (Å²) in [5.74, 6) is 0. The van der Waals surface area contributed by atoms with Crippen LogP contribution < -0.4 is 0 Å². The van der Waals surface area contributed by atoms with E-state index in [4.69, 9.17) is 0 Å². The summed E-state index contributed by atoms with van der Waals surface area (Å²) in [5.41, 5.74) is 0. The Morgan fingerprint density at radius 1 is 0.146 bits per heavy atom. The van der Waals surface area contributed by atoms with E-state index in [0.717, 1.165) is 7.96 Å².